The fourth-order valence-corrected chi connectivity index (χ4v) is 6.58. The van der Waals surface area contributed by atoms with Crippen molar-refractivity contribution in [2.24, 2.45) is 5.73 Å². The first-order chi connectivity index (χ1) is 19.5. The van der Waals surface area contributed by atoms with Crippen LogP contribution < -0.4 is 16.4 Å². The summed E-state index contributed by atoms with van der Waals surface area (Å²) in [6.45, 7) is 0.177. The molecular weight excluding hydrogens is 621 g/mol. The maximum atomic E-state index is 14.2. The summed E-state index contributed by atoms with van der Waals surface area (Å²) in [4.78, 5) is 46.6. The van der Waals surface area contributed by atoms with Gasteiger partial charge in [-0.2, -0.15) is 9.29 Å². The van der Waals surface area contributed by atoms with Crippen LogP contribution in [0.5, 0.6) is 0 Å². The highest BCUT2D eigenvalue weighted by Gasteiger charge is 2.37. The molecule has 15 heteroatoms. The Hall–Kier alpha value is -3.95. The summed E-state index contributed by atoms with van der Waals surface area (Å²) in [6, 6.07) is 10.1. The molecule has 12 nitrogen and oxygen atoms in total. The molecule has 2 aliphatic rings. The number of aromatic nitrogens is 2. The number of halogens is 2. The number of imide groups is 1. The highest BCUT2D eigenvalue weighted by molar-refractivity contribution is 9.10. The largest absolute Gasteiger partial charge is 0.365 e. The van der Waals surface area contributed by atoms with Gasteiger partial charge in [0.2, 0.25) is 16.0 Å². The summed E-state index contributed by atoms with van der Waals surface area (Å²) >= 11 is 3.33. The van der Waals surface area contributed by atoms with E-state index in [-0.39, 0.29) is 53.3 Å². The number of fused-ring (bicyclic) bond motifs is 1. The van der Waals surface area contributed by atoms with Gasteiger partial charge in [-0.05, 0) is 53.0 Å². The number of anilines is 3. The lowest BCUT2D eigenvalue weighted by molar-refractivity contribution is 0.0663. The maximum Gasteiger partial charge on any atom is 0.261 e. The highest BCUT2D eigenvalue weighted by atomic mass is 79.9. The van der Waals surface area contributed by atoms with E-state index in [0.717, 1.165) is 11.0 Å². The number of carbonyl (C=O) groups excluding carboxylic acids is 3. The second-order valence-electron chi connectivity index (χ2n) is 9.51. The number of benzene rings is 2. The third-order valence-electron chi connectivity index (χ3n) is 6.82. The van der Waals surface area contributed by atoms with E-state index in [1.165, 1.54) is 22.6 Å². The van der Waals surface area contributed by atoms with Crippen molar-refractivity contribution in [3.05, 3.63) is 75.6 Å². The average Bonchev–Trinajstić information content (AvgIpc) is 3.18. The van der Waals surface area contributed by atoms with Crippen molar-refractivity contribution in [3.8, 4) is 0 Å². The fourth-order valence-electron chi connectivity index (χ4n) is 4.80. The highest BCUT2D eigenvalue weighted by Crippen LogP contribution is 2.28. The van der Waals surface area contributed by atoms with E-state index in [2.05, 4.69) is 36.5 Å². The molecule has 214 valence electrons. The lowest BCUT2D eigenvalue weighted by atomic mass is 10.1. The van der Waals surface area contributed by atoms with E-state index in [9.17, 15) is 27.2 Å². The van der Waals surface area contributed by atoms with Crippen molar-refractivity contribution < 1.29 is 27.2 Å². The van der Waals surface area contributed by atoms with Gasteiger partial charge in [-0.1, -0.05) is 18.2 Å². The van der Waals surface area contributed by atoms with Crippen molar-refractivity contribution >= 4 is 61.1 Å². The molecule has 1 atom stereocenters. The lowest BCUT2D eigenvalue weighted by Crippen LogP contribution is -2.47. The predicted molar refractivity (Wildman–Crippen MR) is 152 cm³/mol. The van der Waals surface area contributed by atoms with Gasteiger partial charge in [-0.3, -0.25) is 19.3 Å². The Bertz CT molecular complexity index is 1620. The van der Waals surface area contributed by atoms with Crippen LogP contribution in [0, 0.1) is 5.82 Å². The number of primary amides is 1. The van der Waals surface area contributed by atoms with Crippen molar-refractivity contribution in [2.75, 3.05) is 36.0 Å². The van der Waals surface area contributed by atoms with E-state index in [1.807, 2.05) is 0 Å². The minimum absolute atomic E-state index is 0.121. The molecule has 5 rings (SSSR count). The number of nitrogens with zero attached hydrogens (tertiary/aromatic N) is 4. The number of nitrogens with two attached hydrogens (primary N) is 1. The van der Waals surface area contributed by atoms with Gasteiger partial charge in [0.05, 0.1) is 32.6 Å². The summed E-state index contributed by atoms with van der Waals surface area (Å²) in [7, 11) is -3.80. The van der Waals surface area contributed by atoms with Crippen molar-refractivity contribution in [1.29, 1.82) is 0 Å². The summed E-state index contributed by atoms with van der Waals surface area (Å²) < 4.78 is 42.3. The number of hydrogen-bond donors (Lipinski definition) is 3. The topological polar surface area (TPSA) is 168 Å². The summed E-state index contributed by atoms with van der Waals surface area (Å²) in [5.74, 6) is -2.71. The van der Waals surface area contributed by atoms with Gasteiger partial charge in [0.15, 0.2) is 0 Å². The fraction of sp³-hybridized carbons (Fsp3) is 0.269. The first kappa shape index (κ1) is 28.6. The van der Waals surface area contributed by atoms with Crippen LogP contribution in [0.1, 0.15) is 43.9 Å². The Morgan fingerprint density at radius 1 is 1.12 bits per heavy atom. The maximum absolute atomic E-state index is 14.2. The van der Waals surface area contributed by atoms with Gasteiger partial charge in [0.25, 0.3) is 17.7 Å². The van der Waals surface area contributed by atoms with Crippen molar-refractivity contribution in [2.45, 2.75) is 18.9 Å². The summed E-state index contributed by atoms with van der Waals surface area (Å²) in [6.07, 6.45) is 2.67. The molecule has 2 aromatic carbocycles. The van der Waals surface area contributed by atoms with Gasteiger partial charge in [-0.25, -0.2) is 17.8 Å². The lowest BCUT2D eigenvalue weighted by Gasteiger charge is -2.32. The molecule has 0 radical (unpaired) electrons. The third kappa shape index (κ3) is 5.92. The molecule has 0 saturated carbocycles. The zero-order valence-corrected chi connectivity index (χ0v) is 23.9. The van der Waals surface area contributed by atoms with Gasteiger partial charge < -0.3 is 16.4 Å². The van der Waals surface area contributed by atoms with Gasteiger partial charge >= 0.3 is 0 Å². The quantitative estimate of drug-likeness (QED) is 0.296. The molecular formula is C26H25BrFN7O5S. The molecule has 3 amide bonds. The van der Waals surface area contributed by atoms with Crippen molar-refractivity contribution in [3.63, 3.8) is 0 Å². The molecule has 1 fully saturated rings. The predicted octanol–water partition coefficient (Wildman–Crippen LogP) is 2.72. The Morgan fingerprint density at radius 2 is 1.83 bits per heavy atom. The molecule has 41 heavy (non-hydrogen) atoms. The Balaban J connectivity index is 1.24. The molecule has 0 unspecified atom stereocenters. The minimum Gasteiger partial charge on any atom is -0.365 e. The second kappa shape index (κ2) is 11.5. The molecule has 2 aliphatic heterocycles. The van der Waals surface area contributed by atoms with Gasteiger partial charge in [-0.15, -0.1) is 0 Å². The normalized spacial score (nSPS) is 17.4. The molecule has 4 N–H and O–H groups in total. The van der Waals surface area contributed by atoms with Gasteiger partial charge in [0, 0.05) is 31.9 Å². The molecule has 3 heterocycles. The number of piperidine rings is 1. The minimum atomic E-state index is -3.80. The van der Waals surface area contributed by atoms with Crippen LogP contribution in [-0.2, 0) is 10.0 Å². The van der Waals surface area contributed by atoms with Crippen LogP contribution in [0.4, 0.5) is 21.8 Å². The summed E-state index contributed by atoms with van der Waals surface area (Å²) in [5, 5.41) is 6.02. The monoisotopic (exact) mass is 645 g/mol. The standard InChI is InChI=1S/C26H25BrFN7O5S/c27-18-13-30-26(33-23(18)32-20-9-3-8-19(28)21(20)22(29)36)31-15-5-4-10-34(14-15)41(39,40)12-11-35-24(37)16-6-1-2-7-17(16)25(35)38/h1-3,6-9,13,15H,4-5,10-12,14H2,(H2,29,36)(H2,30,31,32,33)/t15-/m1/s1. The number of amides is 3. The smallest absolute Gasteiger partial charge is 0.261 e. The number of nitrogens with one attached hydrogen (secondary N) is 2. The van der Waals surface area contributed by atoms with Gasteiger partial charge in [0.1, 0.15) is 11.6 Å². The zero-order chi connectivity index (χ0) is 29.3. The van der Waals surface area contributed by atoms with E-state index in [4.69, 9.17) is 5.73 Å². The van der Waals surface area contributed by atoms with Crippen LogP contribution in [0.3, 0.4) is 0 Å². The van der Waals surface area contributed by atoms with Crippen LogP contribution in [0.2, 0.25) is 0 Å². The molecule has 0 spiro atoms. The van der Waals surface area contributed by atoms with Crippen molar-refractivity contribution in [1.82, 2.24) is 19.2 Å². The molecule has 1 saturated heterocycles. The molecule has 3 aromatic rings. The van der Waals surface area contributed by atoms with E-state index in [0.29, 0.717) is 23.9 Å². The number of rotatable bonds is 9. The molecule has 0 aliphatic carbocycles. The van der Waals surface area contributed by atoms with E-state index >= 15 is 0 Å². The van der Waals surface area contributed by atoms with Crippen LogP contribution in [0.15, 0.2) is 53.1 Å². The Kier molecular flexibility index (Phi) is 8.02. The Labute approximate surface area is 243 Å². The summed E-state index contributed by atoms with van der Waals surface area (Å²) in [5.41, 5.74) is 5.67. The first-order valence-electron chi connectivity index (χ1n) is 12.6. The number of sulfonamides is 1. The van der Waals surface area contributed by atoms with Crippen LogP contribution in [-0.4, -0.2) is 76.7 Å². The van der Waals surface area contributed by atoms with E-state index in [1.54, 1.807) is 24.3 Å². The number of carbonyl (C=O) groups is 3. The van der Waals surface area contributed by atoms with E-state index < -0.39 is 39.3 Å². The van der Waals surface area contributed by atoms with Crippen LogP contribution >= 0.6 is 15.9 Å². The zero-order valence-electron chi connectivity index (χ0n) is 21.5. The number of hydrogen-bond acceptors (Lipinski definition) is 9. The first-order valence-corrected chi connectivity index (χ1v) is 15.0. The molecule has 1 aromatic heterocycles. The second-order valence-corrected chi connectivity index (χ2v) is 12.4. The van der Waals surface area contributed by atoms with Crippen LogP contribution in [0.25, 0.3) is 0 Å². The third-order valence-corrected chi connectivity index (χ3v) is 9.22. The SMILES string of the molecule is NC(=O)c1c(F)cccc1Nc1nc(N[C@@H]2CCCN(S(=O)(=O)CCN3C(=O)c4ccccc4C3=O)C2)ncc1Br. The Morgan fingerprint density at radius 3 is 2.51 bits per heavy atom. The molecule has 0 bridgehead atoms. The average molecular weight is 646 g/mol.